The average molecular weight is 520 g/mol. The zero-order valence-electron chi connectivity index (χ0n) is 23.3. The summed E-state index contributed by atoms with van der Waals surface area (Å²) in [6.45, 7) is 10.1. The molecule has 0 unspecified atom stereocenters. The smallest absolute Gasteiger partial charge is 0.331 e. The van der Waals surface area contributed by atoms with Gasteiger partial charge in [0.05, 0.1) is 6.10 Å². The lowest BCUT2D eigenvalue weighted by molar-refractivity contribution is -0.158. The van der Waals surface area contributed by atoms with Crippen molar-refractivity contribution in [3.63, 3.8) is 0 Å². The number of fused-ring (bicyclic) bond motifs is 5. The number of aliphatic hydroxyl groups is 1. The largest absolute Gasteiger partial charge is 0.478 e. The highest BCUT2D eigenvalue weighted by atomic mass is 16.5. The van der Waals surface area contributed by atoms with Crippen LogP contribution >= 0.6 is 0 Å². The molecule has 8 heteroatoms. The summed E-state index contributed by atoms with van der Waals surface area (Å²) in [6.07, 6.45) is 5.15. The first-order valence-electron chi connectivity index (χ1n) is 14.3. The number of carboxylic acids is 1. The number of nitrogens with two attached hydrogens (primary N) is 3. The van der Waals surface area contributed by atoms with Crippen LogP contribution in [-0.4, -0.2) is 52.0 Å². The number of esters is 1. The van der Waals surface area contributed by atoms with Gasteiger partial charge in [-0.1, -0.05) is 34.1 Å². The summed E-state index contributed by atoms with van der Waals surface area (Å²) >= 11 is 0. The van der Waals surface area contributed by atoms with Crippen LogP contribution < -0.4 is 17.2 Å². The van der Waals surface area contributed by atoms with Crippen molar-refractivity contribution in [2.75, 3.05) is 0 Å². The molecule has 4 aliphatic carbocycles. The van der Waals surface area contributed by atoms with E-state index in [9.17, 15) is 19.8 Å². The van der Waals surface area contributed by atoms with Crippen LogP contribution in [0, 0.1) is 34.5 Å². The molecule has 8 N–H and O–H groups in total. The maximum Gasteiger partial charge on any atom is 0.331 e. The molecule has 37 heavy (non-hydrogen) atoms. The number of carbonyl (C=O) groups excluding carboxylic acids is 1. The van der Waals surface area contributed by atoms with Crippen molar-refractivity contribution in [2.45, 2.75) is 122 Å². The van der Waals surface area contributed by atoms with Crippen molar-refractivity contribution in [3.8, 4) is 0 Å². The monoisotopic (exact) mass is 519 g/mol. The molecule has 4 aliphatic rings. The minimum absolute atomic E-state index is 0.0834. The van der Waals surface area contributed by atoms with Crippen LogP contribution in [-0.2, 0) is 14.3 Å². The number of ether oxygens (including phenoxy) is 1. The normalized spacial score (nSPS) is 46.6. The third kappa shape index (κ3) is 4.46. The summed E-state index contributed by atoms with van der Waals surface area (Å²) in [5.74, 6) is -0.929. The minimum Gasteiger partial charge on any atom is -0.478 e. The topological polar surface area (TPSA) is 162 Å². The second-order valence-electron chi connectivity index (χ2n) is 13.5. The molecule has 0 radical (unpaired) electrons. The zero-order chi connectivity index (χ0) is 27.5. The summed E-state index contributed by atoms with van der Waals surface area (Å²) in [4.78, 5) is 24.8. The molecular weight excluding hydrogens is 470 g/mol. The van der Waals surface area contributed by atoms with E-state index >= 15 is 0 Å². The van der Waals surface area contributed by atoms with E-state index < -0.39 is 35.1 Å². The number of hydrogen-bond donors (Lipinski definition) is 5. The fraction of sp³-hybridized carbons (Fsp3) is 0.862. The Balaban J connectivity index is 1.80. The standard InChI is InChI=1S/C29H49N3O5/c1-15(2)7-6-8-17(26(35)36)23-21(37-16(3)33)14-28(5)24(23)19(30)13-22-27(4)11-10-20(34)25(31)18(27)9-12-29(22,28)32/h15,18-22,24-25,34H,6-14,30-32H2,1-5H3,(H,35,36)/b23-17+/t18-,19-,20+,21-,22-,24-,25-,27-,28-,29+/m0/s1. The molecule has 0 amide bonds. The molecule has 0 spiro atoms. The molecular formula is C29H49N3O5. The van der Waals surface area contributed by atoms with Crippen molar-refractivity contribution in [1.82, 2.24) is 0 Å². The van der Waals surface area contributed by atoms with Crippen LogP contribution in [0.4, 0.5) is 0 Å². The number of aliphatic hydroxyl groups excluding tert-OH is 1. The van der Waals surface area contributed by atoms with Crippen molar-refractivity contribution >= 4 is 11.9 Å². The Morgan fingerprint density at radius 1 is 1.16 bits per heavy atom. The SMILES string of the molecule is CC(=O)O[C@H]1C[C@@]2(C)[C@H](/C1=C(\CCCC(C)C)C(=O)O)[C@@H](N)C[C@H]1[C@@]3(C)CC[C@@H](O)[C@@H](N)[C@@H]3CC[C@@]12N. The van der Waals surface area contributed by atoms with Crippen LogP contribution in [0.5, 0.6) is 0 Å². The third-order valence-corrected chi connectivity index (χ3v) is 11.1. The van der Waals surface area contributed by atoms with Gasteiger partial charge in [-0.15, -0.1) is 0 Å². The number of rotatable bonds is 6. The molecule has 0 heterocycles. The van der Waals surface area contributed by atoms with Gasteiger partial charge >= 0.3 is 11.9 Å². The third-order valence-electron chi connectivity index (χ3n) is 11.1. The van der Waals surface area contributed by atoms with Crippen LogP contribution in [0.2, 0.25) is 0 Å². The highest BCUT2D eigenvalue weighted by Gasteiger charge is 2.71. The average Bonchev–Trinajstić information content (AvgIpc) is 3.08. The molecule has 210 valence electrons. The number of hydrogen-bond acceptors (Lipinski definition) is 7. The predicted molar refractivity (Wildman–Crippen MR) is 142 cm³/mol. The molecule has 4 rings (SSSR count). The van der Waals surface area contributed by atoms with E-state index in [1.165, 1.54) is 6.92 Å². The Morgan fingerprint density at radius 3 is 2.43 bits per heavy atom. The van der Waals surface area contributed by atoms with Crippen molar-refractivity contribution in [3.05, 3.63) is 11.1 Å². The van der Waals surface area contributed by atoms with Crippen molar-refractivity contribution in [1.29, 1.82) is 0 Å². The molecule has 0 aliphatic heterocycles. The first-order chi connectivity index (χ1) is 17.2. The maximum absolute atomic E-state index is 12.6. The minimum atomic E-state index is -0.955. The van der Waals surface area contributed by atoms with E-state index in [-0.39, 0.29) is 35.3 Å². The van der Waals surface area contributed by atoms with Gasteiger partial charge < -0.3 is 32.2 Å². The fourth-order valence-corrected chi connectivity index (χ4v) is 9.33. The van der Waals surface area contributed by atoms with Gasteiger partial charge in [0.25, 0.3) is 0 Å². The van der Waals surface area contributed by atoms with E-state index in [0.29, 0.717) is 42.7 Å². The van der Waals surface area contributed by atoms with E-state index in [1.807, 2.05) is 0 Å². The first kappa shape index (κ1) is 28.5. The van der Waals surface area contributed by atoms with Gasteiger partial charge in [0, 0.05) is 36.0 Å². The quantitative estimate of drug-likeness (QED) is 0.264. The molecule has 0 aromatic carbocycles. The maximum atomic E-state index is 12.6. The Bertz CT molecular complexity index is 952. The van der Waals surface area contributed by atoms with Gasteiger partial charge in [-0.05, 0) is 85.5 Å². The van der Waals surface area contributed by atoms with Crippen LogP contribution in [0.15, 0.2) is 11.1 Å². The Morgan fingerprint density at radius 2 is 1.84 bits per heavy atom. The molecule has 10 atom stereocenters. The fourth-order valence-electron chi connectivity index (χ4n) is 9.33. The van der Waals surface area contributed by atoms with E-state index in [2.05, 4.69) is 27.7 Å². The highest BCUT2D eigenvalue weighted by Crippen LogP contribution is 2.69. The Kier molecular flexibility index (Phi) is 7.65. The summed E-state index contributed by atoms with van der Waals surface area (Å²) < 4.78 is 5.85. The molecule has 4 saturated carbocycles. The summed E-state index contributed by atoms with van der Waals surface area (Å²) in [5, 5.41) is 20.9. The second-order valence-corrected chi connectivity index (χ2v) is 13.5. The summed E-state index contributed by atoms with van der Waals surface area (Å²) in [7, 11) is 0. The van der Waals surface area contributed by atoms with Crippen LogP contribution in [0.3, 0.4) is 0 Å². The summed E-state index contributed by atoms with van der Waals surface area (Å²) in [6, 6.07) is -0.585. The second kappa shape index (κ2) is 9.92. The predicted octanol–water partition coefficient (Wildman–Crippen LogP) is 3.09. The molecule has 0 aromatic heterocycles. The molecule has 8 nitrogen and oxygen atoms in total. The molecule has 4 fully saturated rings. The van der Waals surface area contributed by atoms with Crippen molar-refractivity contribution in [2.24, 2.45) is 51.7 Å². The van der Waals surface area contributed by atoms with E-state index in [0.717, 1.165) is 32.1 Å². The lowest BCUT2D eigenvalue weighted by Gasteiger charge is -2.68. The Labute approximate surface area is 221 Å². The van der Waals surface area contributed by atoms with Gasteiger partial charge in [-0.3, -0.25) is 4.79 Å². The van der Waals surface area contributed by atoms with Gasteiger partial charge in [0.2, 0.25) is 0 Å². The lowest BCUT2D eigenvalue weighted by atomic mass is 9.39. The van der Waals surface area contributed by atoms with Gasteiger partial charge in [-0.25, -0.2) is 4.79 Å². The number of aliphatic carboxylic acids is 1. The first-order valence-corrected chi connectivity index (χ1v) is 14.3. The number of carbonyl (C=O) groups is 2. The molecule has 0 aromatic rings. The highest BCUT2D eigenvalue weighted by molar-refractivity contribution is 5.88. The molecule has 0 saturated heterocycles. The zero-order valence-corrected chi connectivity index (χ0v) is 23.3. The van der Waals surface area contributed by atoms with Crippen LogP contribution in [0.25, 0.3) is 0 Å². The number of carboxylic acid groups (broad SMARTS) is 1. The van der Waals surface area contributed by atoms with Gasteiger partial charge in [-0.2, -0.15) is 0 Å². The lowest BCUT2D eigenvalue weighted by Crippen LogP contribution is -2.74. The van der Waals surface area contributed by atoms with Gasteiger partial charge in [0.15, 0.2) is 0 Å². The van der Waals surface area contributed by atoms with E-state index in [1.54, 1.807) is 0 Å². The van der Waals surface area contributed by atoms with Crippen molar-refractivity contribution < 1.29 is 24.5 Å². The molecule has 0 bridgehead atoms. The Hall–Kier alpha value is -1.48. The summed E-state index contributed by atoms with van der Waals surface area (Å²) in [5.41, 5.74) is 20.8. The van der Waals surface area contributed by atoms with Crippen LogP contribution in [0.1, 0.15) is 92.4 Å². The van der Waals surface area contributed by atoms with E-state index in [4.69, 9.17) is 21.9 Å². The van der Waals surface area contributed by atoms with Gasteiger partial charge in [0.1, 0.15) is 6.10 Å².